The normalized spacial score (nSPS) is 14.2. The number of aliphatic hydroxyl groups is 1. The molecule has 6 heteroatoms. The average molecular weight is 296 g/mol. The second-order valence-electron chi connectivity index (χ2n) is 6.02. The molecule has 21 heavy (non-hydrogen) atoms. The lowest BCUT2D eigenvalue weighted by Crippen LogP contribution is -2.33. The Kier molecular flexibility index (Phi) is 5.20. The fraction of sp³-hybridized carbons (Fsp3) is 0.533. The van der Waals surface area contributed by atoms with Crippen molar-refractivity contribution in [2.75, 3.05) is 19.0 Å². The first-order chi connectivity index (χ1) is 9.59. The van der Waals surface area contributed by atoms with E-state index in [1.807, 2.05) is 0 Å². The number of methoxy groups -OCH3 is 1. The van der Waals surface area contributed by atoms with E-state index in [0.717, 1.165) is 0 Å². The van der Waals surface area contributed by atoms with Gasteiger partial charge in [-0.15, -0.1) is 0 Å². The summed E-state index contributed by atoms with van der Waals surface area (Å²) in [5, 5.41) is 13.0. The quantitative estimate of drug-likeness (QED) is 0.792. The first-order valence-corrected chi connectivity index (χ1v) is 6.70. The fourth-order valence-corrected chi connectivity index (χ4v) is 1.75. The molecule has 118 valence electrons. The van der Waals surface area contributed by atoms with E-state index >= 15 is 0 Å². The van der Waals surface area contributed by atoms with Gasteiger partial charge in [0.25, 0.3) is 0 Å². The number of carbonyl (C=O) groups excluding carboxylic acids is 1. The number of nitrogens with two attached hydrogens (primary N) is 1. The molecule has 0 aliphatic carbocycles. The van der Waals surface area contributed by atoms with Crippen LogP contribution < -0.4 is 15.8 Å². The van der Waals surface area contributed by atoms with Gasteiger partial charge in [-0.05, 0) is 33.8 Å². The number of benzene rings is 1. The molecule has 0 saturated carbocycles. The van der Waals surface area contributed by atoms with Crippen LogP contribution in [0.3, 0.4) is 0 Å². The van der Waals surface area contributed by atoms with Gasteiger partial charge in [0.1, 0.15) is 17.0 Å². The van der Waals surface area contributed by atoms with Crippen molar-refractivity contribution in [3.8, 4) is 5.75 Å². The van der Waals surface area contributed by atoms with Gasteiger partial charge in [-0.3, -0.25) is 5.32 Å². The van der Waals surface area contributed by atoms with Crippen LogP contribution in [0, 0.1) is 0 Å². The molecule has 1 aromatic carbocycles. The Morgan fingerprint density at radius 2 is 1.95 bits per heavy atom. The number of ether oxygens (including phenoxy) is 2. The number of rotatable bonds is 4. The highest BCUT2D eigenvalue weighted by molar-refractivity contribution is 5.86. The zero-order chi connectivity index (χ0) is 16.3. The predicted octanol–water partition coefficient (Wildman–Crippen LogP) is 2.21. The van der Waals surface area contributed by atoms with Crippen LogP contribution in [0.15, 0.2) is 18.2 Å². The fourth-order valence-electron chi connectivity index (χ4n) is 1.75. The Bertz CT molecular complexity index is 507. The summed E-state index contributed by atoms with van der Waals surface area (Å²) in [6.07, 6.45) is -0.607. The van der Waals surface area contributed by atoms with Crippen molar-refractivity contribution in [3.05, 3.63) is 23.8 Å². The number of hydrogen-bond acceptors (Lipinski definition) is 5. The van der Waals surface area contributed by atoms with E-state index in [-0.39, 0.29) is 6.54 Å². The third-order valence-electron chi connectivity index (χ3n) is 2.84. The van der Waals surface area contributed by atoms with Crippen molar-refractivity contribution in [1.29, 1.82) is 0 Å². The van der Waals surface area contributed by atoms with E-state index < -0.39 is 17.3 Å². The number of hydrogen-bond donors (Lipinski definition) is 3. The van der Waals surface area contributed by atoms with Gasteiger partial charge in [0.15, 0.2) is 0 Å². The van der Waals surface area contributed by atoms with E-state index in [4.69, 9.17) is 15.2 Å². The third-order valence-corrected chi connectivity index (χ3v) is 2.84. The van der Waals surface area contributed by atoms with Crippen molar-refractivity contribution in [2.45, 2.75) is 38.9 Å². The van der Waals surface area contributed by atoms with Crippen molar-refractivity contribution < 1.29 is 19.4 Å². The molecule has 6 nitrogen and oxygen atoms in total. The topological polar surface area (TPSA) is 93.8 Å². The molecule has 1 unspecified atom stereocenters. The number of anilines is 1. The molecule has 0 fully saturated rings. The summed E-state index contributed by atoms with van der Waals surface area (Å²) in [6, 6.07) is 4.97. The predicted molar refractivity (Wildman–Crippen MR) is 81.5 cm³/mol. The standard InChI is InChI=1S/C15H24N2O4/c1-14(2,3)21-13(18)17-12-8-10(20-5)6-7-11(12)15(4,19)9-16/h6-8,19H,9,16H2,1-5H3,(H,17,18). The highest BCUT2D eigenvalue weighted by Gasteiger charge is 2.26. The van der Waals surface area contributed by atoms with E-state index in [2.05, 4.69) is 5.32 Å². The minimum absolute atomic E-state index is 0.0162. The van der Waals surface area contributed by atoms with Crippen LogP contribution in [0.4, 0.5) is 10.5 Å². The minimum Gasteiger partial charge on any atom is -0.497 e. The number of carbonyl (C=O) groups is 1. The van der Waals surface area contributed by atoms with Crippen LogP contribution in [0.1, 0.15) is 33.3 Å². The Morgan fingerprint density at radius 1 is 1.33 bits per heavy atom. The second kappa shape index (κ2) is 6.32. The molecule has 1 aromatic rings. The summed E-state index contributed by atoms with van der Waals surface area (Å²) in [6.45, 7) is 6.91. The maximum absolute atomic E-state index is 11.9. The summed E-state index contributed by atoms with van der Waals surface area (Å²) in [5.74, 6) is 0.553. The zero-order valence-corrected chi connectivity index (χ0v) is 13.2. The Hall–Kier alpha value is -1.79. The molecule has 0 heterocycles. The molecule has 0 spiro atoms. The van der Waals surface area contributed by atoms with Crippen molar-refractivity contribution in [3.63, 3.8) is 0 Å². The van der Waals surface area contributed by atoms with Gasteiger partial charge < -0.3 is 20.3 Å². The summed E-state index contributed by atoms with van der Waals surface area (Å²) < 4.78 is 10.3. The average Bonchev–Trinajstić information content (AvgIpc) is 2.36. The minimum atomic E-state index is -1.27. The maximum Gasteiger partial charge on any atom is 0.412 e. The van der Waals surface area contributed by atoms with Gasteiger partial charge in [0.05, 0.1) is 12.8 Å². The summed E-state index contributed by atoms with van der Waals surface area (Å²) in [5.41, 5.74) is 4.61. The van der Waals surface area contributed by atoms with Crippen LogP contribution >= 0.6 is 0 Å². The molecular weight excluding hydrogens is 272 g/mol. The maximum atomic E-state index is 11.9. The van der Waals surface area contributed by atoms with E-state index in [0.29, 0.717) is 17.0 Å². The molecule has 1 rings (SSSR count). The summed E-state index contributed by atoms with van der Waals surface area (Å²) >= 11 is 0. The molecule has 0 saturated heterocycles. The van der Waals surface area contributed by atoms with Crippen LogP contribution in [0.5, 0.6) is 5.75 Å². The SMILES string of the molecule is COc1ccc(C(C)(O)CN)c(NC(=O)OC(C)(C)C)c1. The number of nitrogens with one attached hydrogen (secondary N) is 1. The molecule has 1 atom stereocenters. The highest BCUT2D eigenvalue weighted by atomic mass is 16.6. The lowest BCUT2D eigenvalue weighted by Gasteiger charge is -2.26. The van der Waals surface area contributed by atoms with Crippen LogP contribution in [0.25, 0.3) is 0 Å². The van der Waals surface area contributed by atoms with Crippen LogP contribution in [-0.2, 0) is 10.3 Å². The largest absolute Gasteiger partial charge is 0.497 e. The molecule has 1 amide bonds. The molecular formula is C15H24N2O4. The van der Waals surface area contributed by atoms with E-state index in [1.165, 1.54) is 7.11 Å². The Balaban J connectivity index is 3.11. The van der Waals surface area contributed by atoms with Gasteiger partial charge >= 0.3 is 6.09 Å². The molecule has 0 bridgehead atoms. The smallest absolute Gasteiger partial charge is 0.412 e. The first kappa shape index (κ1) is 17.3. The van der Waals surface area contributed by atoms with E-state index in [1.54, 1.807) is 45.9 Å². The first-order valence-electron chi connectivity index (χ1n) is 6.70. The van der Waals surface area contributed by atoms with Crippen molar-refractivity contribution in [2.24, 2.45) is 5.73 Å². The second-order valence-corrected chi connectivity index (χ2v) is 6.02. The van der Waals surface area contributed by atoms with Crippen LogP contribution in [0.2, 0.25) is 0 Å². The number of amides is 1. The molecule has 4 N–H and O–H groups in total. The van der Waals surface area contributed by atoms with Gasteiger partial charge in [-0.1, -0.05) is 6.07 Å². The highest BCUT2D eigenvalue weighted by Crippen LogP contribution is 2.31. The van der Waals surface area contributed by atoms with Gasteiger partial charge in [0.2, 0.25) is 0 Å². The van der Waals surface area contributed by atoms with E-state index in [9.17, 15) is 9.90 Å². The zero-order valence-electron chi connectivity index (χ0n) is 13.2. The molecule has 0 aliphatic heterocycles. The van der Waals surface area contributed by atoms with Gasteiger partial charge in [0, 0.05) is 18.2 Å². The van der Waals surface area contributed by atoms with Gasteiger partial charge in [-0.25, -0.2) is 4.79 Å². The third kappa shape index (κ3) is 4.91. The lowest BCUT2D eigenvalue weighted by molar-refractivity contribution is 0.0624. The van der Waals surface area contributed by atoms with Crippen LogP contribution in [-0.4, -0.2) is 30.5 Å². The Labute approximate surface area is 125 Å². The Morgan fingerprint density at radius 3 is 2.43 bits per heavy atom. The molecule has 0 aliphatic rings. The molecule has 0 radical (unpaired) electrons. The van der Waals surface area contributed by atoms with Gasteiger partial charge in [-0.2, -0.15) is 0 Å². The summed E-state index contributed by atoms with van der Waals surface area (Å²) in [4.78, 5) is 11.9. The lowest BCUT2D eigenvalue weighted by atomic mass is 9.94. The van der Waals surface area contributed by atoms with Crippen molar-refractivity contribution >= 4 is 11.8 Å². The summed E-state index contributed by atoms with van der Waals surface area (Å²) in [7, 11) is 1.52. The monoisotopic (exact) mass is 296 g/mol. The molecule has 0 aromatic heterocycles. The van der Waals surface area contributed by atoms with Crippen molar-refractivity contribution in [1.82, 2.24) is 0 Å².